The smallest absolute Gasteiger partial charge is 0.219 e. The zero-order chi connectivity index (χ0) is 17.4. The predicted molar refractivity (Wildman–Crippen MR) is 68.6 cm³/mol. The van der Waals surface area contributed by atoms with Crippen LogP contribution >= 0.6 is 0 Å². The third-order valence-electron chi connectivity index (χ3n) is 4.01. The van der Waals surface area contributed by atoms with Crippen molar-refractivity contribution in [3.63, 3.8) is 0 Å². The fourth-order valence-electron chi connectivity index (χ4n) is 2.53. The van der Waals surface area contributed by atoms with Crippen molar-refractivity contribution in [1.82, 2.24) is 0 Å². The number of aliphatic hydroxyl groups is 8. The van der Waals surface area contributed by atoms with Gasteiger partial charge in [0.05, 0.1) is 19.8 Å². The van der Waals surface area contributed by atoms with Gasteiger partial charge in [-0.1, -0.05) is 0 Å². The molecule has 0 aromatic rings. The van der Waals surface area contributed by atoms with E-state index < -0.39 is 74.6 Å². The highest BCUT2D eigenvalue weighted by atomic mass is 16.7. The fourth-order valence-corrected chi connectivity index (χ4v) is 2.53. The first kappa shape index (κ1) is 18.9. The van der Waals surface area contributed by atoms with E-state index in [1.807, 2.05) is 0 Å². The highest BCUT2D eigenvalue weighted by molar-refractivity contribution is 4.95. The molecule has 11 nitrogen and oxygen atoms in total. The van der Waals surface area contributed by atoms with Gasteiger partial charge in [-0.25, -0.2) is 0 Å². The summed E-state index contributed by atoms with van der Waals surface area (Å²) in [4.78, 5) is 0. The standard InChI is InChI=1S/C12H22O11/c13-1-5-7(17)8(18)9(19)11(22-5)23-10-6(16)4(15)2-21-12(10,20)3-14/h4-11,13-20H,1-3H2/t4-,5+,6+,7-,8+,9+,10+,11-,12+/m1/s1. The van der Waals surface area contributed by atoms with Gasteiger partial charge < -0.3 is 55.1 Å². The molecule has 0 saturated carbocycles. The maximum absolute atomic E-state index is 10.1. The van der Waals surface area contributed by atoms with Crippen LogP contribution in [0.4, 0.5) is 0 Å². The largest absolute Gasteiger partial charge is 0.394 e. The van der Waals surface area contributed by atoms with E-state index in [0.717, 1.165) is 0 Å². The van der Waals surface area contributed by atoms with Gasteiger partial charge in [-0.15, -0.1) is 0 Å². The van der Waals surface area contributed by atoms with Crippen molar-refractivity contribution in [2.24, 2.45) is 0 Å². The maximum Gasteiger partial charge on any atom is 0.219 e. The molecule has 0 spiro atoms. The molecule has 2 saturated heterocycles. The minimum atomic E-state index is -2.38. The Morgan fingerprint density at radius 2 is 1.61 bits per heavy atom. The van der Waals surface area contributed by atoms with Crippen LogP contribution in [0.1, 0.15) is 0 Å². The van der Waals surface area contributed by atoms with Crippen molar-refractivity contribution in [1.29, 1.82) is 0 Å². The second kappa shape index (κ2) is 7.21. The van der Waals surface area contributed by atoms with Gasteiger partial charge in [0.15, 0.2) is 6.29 Å². The number of rotatable bonds is 4. The molecule has 2 heterocycles. The zero-order valence-electron chi connectivity index (χ0n) is 12.0. The van der Waals surface area contributed by atoms with E-state index in [4.69, 9.17) is 19.3 Å². The molecule has 136 valence electrons. The lowest BCUT2D eigenvalue weighted by Gasteiger charge is -2.47. The van der Waals surface area contributed by atoms with E-state index in [0.29, 0.717) is 0 Å². The van der Waals surface area contributed by atoms with Gasteiger partial charge in [-0.05, 0) is 0 Å². The van der Waals surface area contributed by atoms with Gasteiger partial charge in [0.2, 0.25) is 5.79 Å². The summed E-state index contributed by atoms with van der Waals surface area (Å²) in [6.45, 7) is -2.15. The molecule has 0 bridgehead atoms. The van der Waals surface area contributed by atoms with Crippen LogP contribution in [-0.4, -0.2) is 115 Å². The van der Waals surface area contributed by atoms with Crippen LogP contribution in [0.25, 0.3) is 0 Å². The summed E-state index contributed by atoms with van der Waals surface area (Å²) in [5.41, 5.74) is 0. The number of hydrogen-bond acceptors (Lipinski definition) is 11. The Morgan fingerprint density at radius 1 is 0.957 bits per heavy atom. The van der Waals surface area contributed by atoms with Crippen LogP contribution in [-0.2, 0) is 14.2 Å². The quantitative estimate of drug-likeness (QED) is 0.243. The van der Waals surface area contributed by atoms with E-state index in [9.17, 15) is 35.7 Å². The summed E-state index contributed by atoms with van der Waals surface area (Å²) in [5, 5.41) is 77.2. The first-order chi connectivity index (χ1) is 10.7. The number of hydrogen-bond donors (Lipinski definition) is 8. The van der Waals surface area contributed by atoms with E-state index >= 15 is 0 Å². The lowest BCUT2D eigenvalue weighted by molar-refractivity contribution is -0.387. The minimum absolute atomic E-state index is 0.466. The Kier molecular flexibility index (Phi) is 5.92. The Morgan fingerprint density at radius 3 is 2.17 bits per heavy atom. The van der Waals surface area contributed by atoms with Crippen molar-refractivity contribution in [2.75, 3.05) is 19.8 Å². The third-order valence-corrected chi connectivity index (χ3v) is 4.01. The van der Waals surface area contributed by atoms with E-state index in [1.54, 1.807) is 0 Å². The van der Waals surface area contributed by atoms with E-state index in [2.05, 4.69) is 0 Å². The number of aliphatic hydroxyl groups excluding tert-OH is 7. The van der Waals surface area contributed by atoms with Crippen molar-refractivity contribution in [3.05, 3.63) is 0 Å². The molecule has 8 N–H and O–H groups in total. The lowest BCUT2D eigenvalue weighted by Crippen LogP contribution is -2.67. The van der Waals surface area contributed by atoms with Crippen LogP contribution in [0.2, 0.25) is 0 Å². The normalized spacial score (nSPS) is 51.7. The molecule has 0 aromatic carbocycles. The SMILES string of the molecule is OC[C@@H]1O[C@H](O[C@H]2[C@@H](O)[C@H](O)CO[C@@]2(O)CO)[C@@H](O)[C@@H](O)[C@@H]1O. The average Bonchev–Trinajstić information content (AvgIpc) is 2.55. The van der Waals surface area contributed by atoms with E-state index in [1.165, 1.54) is 0 Å². The Balaban J connectivity index is 2.17. The van der Waals surface area contributed by atoms with Crippen molar-refractivity contribution in [2.45, 2.75) is 54.8 Å². The van der Waals surface area contributed by atoms with Crippen LogP contribution in [0, 0.1) is 0 Å². The predicted octanol–water partition coefficient (Wildman–Crippen LogP) is -5.40. The summed E-state index contributed by atoms with van der Waals surface area (Å²) >= 11 is 0. The Hall–Kier alpha value is -0.440. The Labute approximate surface area is 130 Å². The highest BCUT2D eigenvalue weighted by Crippen LogP contribution is 2.30. The second-order valence-electron chi connectivity index (χ2n) is 5.63. The van der Waals surface area contributed by atoms with Crippen molar-refractivity contribution >= 4 is 0 Å². The highest BCUT2D eigenvalue weighted by Gasteiger charge is 2.53. The van der Waals surface area contributed by atoms with Gasteiger partial charge >= 0.3 is 0 Å². The van der Waals surface area contributed by atoms with Gasteiger partial charge in [0, 0.05) is 0 Å². The fraction of sp³-hybridized carbons (Fsp3) is 1.00. The minimum Gasteiger partial charge on any atom is -0.394 e. The van der Waals surface area contributed by atoms with Crippen LogP contribution in [0.5, 0.6) is 0 Å². The summed E-state index contributed by atoms with van der Waals surface area (Å²) in [6, 6.07) is 0. The molecule has 0 radical (unpaired) electrons. The summed E-state index contributed by atoms with van der Waals surface area (Å²) in [7, 11) is 0. The molecule has 2 fully saturated rings. The average molecular weight is 342 g/mol. The molecule has 2 aliphatic rings. The summed E-state index contributed by atoms with van der Waals surface area (Å²) in [5.74, 6) is -2.38. The van der Waals surface area contributed by atoms with Crippen LogP contribution in [0.3, 0.4) is 0 Å². The second-order valence-corrected chi connectivity index (χ2v) is 5.63. The van der Waals surface area contributed by atoms with Gasteiger partial charge in [-0.3, -0.25) is 0 Å². The molecule has 0 amide bonds. The monoisotopic (exact) mass is 342 g/mol. The molecular weight excluding hydrogens is 320 g/mol. The molecule has 9 atom stereocenters. The molecule has 11 heteroatoms. The molecular formula is C12H22O11. The molecule has 2 aliphatic heterocycles. The van der Waals surface area contributed by atoms with Crippen LogP contribution < -0.4 is 0 Å². The maximum atomic E-state index is 10.1. The third kappa shape index (κ3) is 3.50. The van der Waals surface area contributed by atoms with Gasteiger partial charge in [0.25, 0.3) is 0 Å². The van der Waals surface area contributed by atoms with Gasteiger partial charge in [-0.2, -0.15) is 0 Å². The zero-order valence-corrected chi connectivity index (χ0v) is 12.0. The molecule has 0 aliphatic carbocycles. The summed E-state index contributed by atoms with van der Waals surface area (Å²) < 4.78 is 15.1. The molecule has 0 unspecified atom stereocenters. The lowest BCUT2D eigenvalue weighted by atomic mass is 9.96. The molecule has 23 heavy (non-hydrogen) atoms. The summed E-state index contributed by atoms with van der Waals surface area (Å²) in [6.07, 6.45) is -12.9. The van der Waals surface area contributed by atoms with Gasteiger partial charge in [0.1, 0.15) is 42.7 Å². The topological polar surface area (TPSA) is 190 Å². The van der Waals surface area contributed by atoms with Crippen molar-refractivity contribution < 1.29 is 55.1 Å². The Bertz CT molecular complexity index is 393. The van der Waals surface area contributed by atoms with E-state index in [-0.39, 0.29) is 0 Å². The number of ether oxygens (including phenoxy) is 3. The molecule has 2 rings (SSSR count). The first-order valence-corrected chi connectivity index (χ1v) is 7.04. The van der Waals surface area contributed by atoms with Crippen molar-refractivity contribution in [3.8, 4) is 0 Å². The molecule has 0 aromatic heterocycles. The van der Waals surface area contributed by atoms with Crippen LogP contribution in [0.15, 0.2) is 0 Å². The first-order valence-electron chi connectivity index (χ1n) is 7.04.